The van der Waals surface area contributed by atoms with Gasteiger partial charge >= 0.3 is 0 Å². The number of nitriles is 2. The fourth-order valence-corrected chi connectivity index (χ4v) is 4.91. The maximum atomic E-state index is 9.48. The Bertz CT molecular complexity index is 965. The van der Waals surface area contributed by atoms with Crippen LogP contribution in [-0.2, 0) is 12.8 Å². The van der Waals surface area contributed by atoms with Crippen LogP contribution in [0, 0.1) is 43.4 Å². The SMILES string of the molecule is Cc1cc(C#N)c(C#N)cc1-c1c(C)c2c3c(c1C)CCCN3CCC2. The van der Waals surface area contributed by atoms with E-state index in [1.54, 1.807) is 0 Å². The van der Waals surface area contributed by atoms with Gasteiger partial charge in [0.05, 0.1) is 11.1 Å². The number of benzene rings is 2. The number of hydrogen-bond acceptors (Lipinski definition) is 3. The minimum absolute atomic E-state index is 0.467. The van der Waals surface area contributed by atoms with E-state index in [9.17, 15) is 10.5 Å². The second-order valence-electron chi connectivity index (χ2n) is 7.56. The second-order valence-corrected chi connectivity index (χ2v) is 7.56. The van der Waals surface area contributed by atoms with Crippen LogP contribution in [0.2, 0.25) is 0 Å². The van der Waals surface area contributed by atoms with Gasteiger partial charge in [-0.2, -0.15) is 10.5 Å². The van der Waals surface area contributed by atoms with Crippen LogP contribution in [0.4, 0.5) is 5.69 Å². The highest BCUT2D eigenvalue weighted by molar-refractivity contribution is 5.83. The van der Waals surface area contributed by atoms with Crippen LogP contribution in [0.15, 0.2) is 12.1 Å². The molecule has 130 valence electrons. The smallest absolute Gasteiger partial charge is 0.101 e. The zero-order chi connectivity index (χ0) is 18.4. The third-order valence-electron chi connectivity index (χ3n) is 6.13. The van der Waals surface area contributed by atoms with Gasteiger partial charge in [0.25, 0.3) is 0 Å². The number of aryl methyl sites for hydroxylation is 1. The molecule has 2 aliphatic rings. The average Bonchev–Trinajstić information content (AvgIpc) is 2.66. The molecule has 0 saturated heterocycles. The van der Waals surface area contributed by atoms with Gasteiger partial charge in [-0.15, -0.1) is 0 Å². The monoisotopic (exact) mass is 341 g/mol. The van der Waals surface area contributed by atoms with E-state index in [1.165, 1.54) is 59.4 Å². The van der Waals surface area contributed by atoms with Gasteiger partial charge in [-0.3, -0.25) is 0 Å². The summed E-state index contributed by atoms with van der Waals surface area (Å²) >= 11 is 0. The maximum Gasteiger partial charge on any atom is 0.101 e. The summed E-state index contributed by atoms with van der Waals surface area (Å²) in [6, 6.07) is 8.14. The molecule has 0 amide bonds. The Kier molecular flexibility index (Phi) is 3.97. The lowest BCUT2D eigenvalue weighted by molar-refractivity contribution is 0.630. The van der Waals surface area contributed by atoms with Gasteiger partial charge < -0.3 is 4.90 Å². The number of nitrogens with zero attached hydrogens (tertiary/aromatic N) is 3. The summed E-state index contributed by atoms with van der Waals surface area (Å²) in [4.78, 5) is 2.58. The summed E-state index contributed by atoms with van der Waals surface area (Å²) in [5.74, 6) is 0. The van der Waals surface area contributed by atoms with E-state index in [2.05, 4.69) is 30.9 Å². The fourth-order valence-electron chi connectivity index (χ4n) is 4.91. The highest BCUT2D eigenvalue weighted by Gasteiger charge is 2.29. The largest absolute Gasteiger partial charge is 0.371 e. The van der Waals surface area contributed by atoms with Crippen LogP contribution in [0.1, 0.15) is 51.8 Å². The first kappa shape index (κ1) is 16.7. The summed E-state index contributed by atoms with van der Waals surface area (Å²) in [6.45, 7) is 8.87. The molecule has 2 aromatic carbocycles. The third kappa shape index (κ3) is 2.31. The van der Waals surface area contributed by atoms with Crippen LogP contribution in [0.25, 0.3) is 11.1 Å². The summed E-state index contributed by atoms with van der Waals surface area (Å²) < 4.78 is 0. The molecule has 2 aromatic rings. The molecule has 0 atom stereocenters. The van der Waals surface area contributed by atoms with Crippen molar-refractivity contribution in [1.82, 2.24) is 0 Å². The molecule has 0 fully saturated rings. The lowest BCUT2D eigenvalue weighted by Crippen LogP contribution is -2.35. The molecular weight excluding hydrogens is 318 g/mol. The van der Waals surface area contributed by atoms with Gasteiger partial charge in [-0.05, 0) is 97.5 Å². The minimum Gasteiger partial charge on any atom is -0.371 e. The van der Waals surface area contributed by atoms with Crippen molar-refractivity contribution < 1.29 is 0 Å². The van der Waals surface area contributed by atoms with Crippen molar-refractivity contribution in [3.05, 3.63) is 51.1 Å². The van der Waals surface area contributed by atoms with E-state index in [0.29, 0.717) is 11.1 Å². The van der Waals surface area contributed by atoms with E-state index < -0.39 is 0 Å². The Morgan fingerprint density at radius 3 is 1.92 bits per heavy atom. The summed E-state index contributed by atoms with van der Waals surface area (Å²) in [7, 11) is 0. The molecule has 3 nitrogen and oxygen atoms in total. The second kappa shape index (κ2) is 6.19. The standard InChI is InChI=1S/C23H23N3/c1-14-10-17(12-24)18(13-25)11-21(14)22-15(2)19-6-4-8-26-9-5-7-20(16(22)3)23(19)26/h10-11H,4-9H2,1-3H3. The molecule has 4 rings (SSSR count). The van der Waals surface area contributed by atoms with Crippen LogP contribution in [0.3, 0.4) is 0 Å². The first-order chi connectivity index (χ1) is 12.6. The quantitative estimate of drug-likeness (QED) is 0.754. The zero-order valence-electron chi connectivity index (χ0n) is 15.7. The Hall–Kier alpha value is -2.78. The number of anilines is 1. The molecule has 0 N–H and O–H groups in total. The number of rotatable bonds is 1. The minimum atomic E-state index is 0.467. The van der Waals surface area contributed by atoms with Crippen molar-refractivity contribution in [2.24, 2.45) is 0 Å². The van der Waals surface area contributed by atoms with E-state index in [1.807, 2.05) is 19.1 Å². The van der Waals surface area contributed by atoms with Crippen molar-refractivity contribution in [2.45, 2.75) is 46.5 Å². The molecule has 0 aliphatic carbocycles. The molecule has 0 unspecified atom stereocenters. The average molecular weight is 341 g/mol. The van der Waals surface area contributed by atoms with E-state index in [-0.39, 0.29) is 0 Å². The maximum absolute atomic E-state index is 9.48. The van der Waals surface area contributed by atoms with E-state index in [4.69, 9.17) is 0 Å². The van der Waals surface area contributed by atoms with Crippen LogP contribution in [0.5, 0.6) is 0 Å². The molecule has 0 spiro atoms. The summed E-state index contributed by atoms with van der Waals surface area (Å²) in [5.41, 5.74) is 11.6. The Morgan fingerprint density at radius 2 is 1.38 bits per heavy atom. The predicted octanol–water partition coefficient (Wildman–Crippen LogP) is 4.72. The Labute approximate surface area is 155 Å². The Morgan fingerprint density at radius 1 is 0.846 bits per heavy atom. The van der Waals surface area contributed by atoms with E-state index in [0.717, 1.165) is 24.0 Å². The highest BCUT2D eigenvalue weighted by Crippen LogP contribution is 2.45. The molecule has 0 radical (unpaired) electrons. The van der Waals surface area contributed by atoms with E-state index >= 15 is 0 Å². The van der Waals surface area contributed by atoms with Crippen molar-refractivity contribution in [3.8, 4) is 23.3 Å². The van der Waals surface area contributed by atoms with Gasteiger partial charge in [0, 0.05) is 18.8 Å². The number of hydrogen-bond donors (Lipinski definition) is 0. The molecule has 3 heteroatoms. The molecule has 26 heavy (non-hydrogen) atoms. The first-order valence-corrected chi connectivity index (χ1v) is 9.42. The van der Waals surface area contributed by atoms with Gasteiger partial charge in [0.2, 0.25) is 0 Å². The van der Waals surface area contributed by atoms with Gasteiger partial charge in [0.15, 0.2) is 0 Å². The zero-order valence-corrected chi connectivity index (χ0v) is 15.7. The lowest BCUT2D eigenvalue weighted by atomic mass is 9.80. The van der Waals surface area contributed by atoms with Crippen LogP contribution >= 0.6 is 0 Å². The van der Waals surface area contributed by atoms with Crippen molar-refractivity contribution in [1.29, 1.82) is 10.5 Å². The van der Waals surface area contributed by atoms with Crippen molar-refractivity contribution >= 4 is 5.69 Å². The van der Waals surface area contributed by atoms with Crippen LogP contribution in [-0.4, -0.2) is 13.1 Å². The van der Waals surface area contributed by atoms with Crippen molar-refractivity contribution in [3.63, 3.8) is 0 Å². The normalized spacial score (nSPS) is 15.2. The topological polar surface area (TPSA) is 50.8 Å². The van der Waals surface area contributed by atoms with Gasteiger partial charge in [-0.1, -0.05) is 0 Å². The molecule has 0 saturated carbocycles. The molecule has 0 bridgehead atoms. The predicted molar refractivity (Wildman–Crippen MR) is 104 cm³/mol. The van der Waals surface area contributed by atoms with Crippen molar-refractivity contribution in [2.75, 3.05) is 18.0 Å². The van der Waals surface area contributed by atoms with Gasteiger partial charge in [0.1, 0.15) is 12.1 Å². The first-order valence-electron chi connectivity index (χ1n) is 9.42. The summed E-state index contributed by atoms with van der Waals surface area (Å²) in [5, 5.41) is 18.8. The lowest BCUT2D eigenvalue weighted by Gasteiger charge is -2.39. The molecular formula is C23H23N3. The van der Waals surface area contributed by atoms with Gasteiger partial charge in [-0.25, -0.2) is 0 Å². The Balaban J connectivity index is 2.03. The molecule has 2 heterocycles. The fraction of sp³-hybridized carbons (Fsp3) is 0.391. The highest BCUT2D eigenvalue weighted by atomic mass is 15.1. The summed E-state index contributed by atoms with van der Waals surface area (Å²) in [6.07, 6.45) is 4.70. The molecule has 2 aliphatic heterocycles. The third-order valence-corrected chi connectivity index (χ3v) is 6.13. The van der Waals surface area contributed by atoms with Crippen LogP contribution < -0.4 is 4.90 Å². The molecule has 0 aromatic heterocycles.